The van der Waals surface area contributed by atoms with Crippen molar-refractivity contribution in [2.75, 3.05) is 5.32 Å². The number of carbonyl (C=O) groups is 2. The average molecular weight is 447 g/mol. The quantitative estimate of drug-likeness (QED) is 0.439. The molecule has 4 rings (SSSR count). The van der Waals surface area contributed by atoms with E-state index in [1.54, 1.807) is 12.1 Å². The molecule has 1 aliphatic carbocycles. The highest BCUT2D eigenvalue weighted by Gasteiger charge is 2.30. The molecule has 0 aliphatic heterocycles. The Balaban J connectivity index is 1.53. The van der Waals surface area contributed by atoms with Crippen LogP contribution < -0.4 is 10.6 Å². The van der Waals surface area contributed by atoms with Gasteiger partial charge in [-0.25, -0.2) is 4.79 Å². The van der Waals surface area contributed by atoms with Gasteiger partial charge < -0.3 is 15.7 Å². The number of phenolic OH excluding ortho intramolecular Hbond substituents is 1. The van der Waals surface area contributed by atoms with Crippen molar-refractivity contribution < 1.29 is 14.7 Å². The third-order valence-electron chi connectivity index (χ3n) is 6.11. The van der Waals surface area contributed by atoms with E-state index in [-0.39, 0.29) is 23.6 Å². The first kappa shape index (κ1) is 22.6. The number of rotatable bonds is 8. The number of carbonyl (C=O) groups excluding carboxylic acids is 2. The van der Waals surface area contributed by atoms with E-state index in [4.69, 9.17) is 0 Å². The van der Waals surface area contributed by atoms with Gasteiger partial charge in [-0.05, 0) is 49.4 Å². The number of benzene rings is 2. The molecule has 0 spiro atoms. The normalized spacial score (nSPS) is 13.2. The number of hydrogen-bond acceptors (Lipinski definition) is 4. The first-order chi connectivity index (χ1) is 16.0. The summed E-state index contributed by atoms with van der Waals surface area (Å²) in [5, 5.41) is 21.0. The summed E-state index contributed by atoms with van der Waals surface area (Å²) in [4.78, 5) is 25.2. The van der Waals surface area contributed by atoms with Crippen LogP contribution in [0.25, 0.3) is 11.3 Å². The number of aromatic hydroxyl groups is 1. The fourth-order valence-electron chi connectivity index (χ4n) is 3.94. The molecule has 1 saturated carbocycles. The molecule has 1 aromatic heterocycles. The molecule has 33 heavy (non-hydrogen) atoms. The van der Waals surface area contributed by atoms with Crippen molar-refractivity contribution in [2.45, 2.75) is 52.0 Å². The summed E-state index contributed by atoms with van der Waals surface area (Å²) >= 11 is 0. The van der Waals surface area contributed by atoms with Crippen molar-refractivity contribution in [1.82, 2.24) is 15.1 Å². The third kappa shape index (κ3) is 5.25. The van der Waals surface area contributed by atoms with Gasteiger partial charge in [0.1, 0.15) is 5.75 Å². The van der Waals surface area contributed by atoms with Gasteiger partial charge in [-0.3, -0.25) is 4.79 Å². The summed E-state index contributed by atoms with van der Waals surface area (Å²) in [6, 6.07) is 16.3. The monoisotopic (exact) mass is 446 g/mol. The molecule has 2 aromatic carbocycles. The maximum Gasteiger partial charge on any atom is 0.342 e. The standard InChI is InChI=1S/C26H30N4O3/c1-3-18(4-2)25(32)28-20-12-13-21(24(31)14-20)22-15-23(19-10-11-19)30(29-22)26(33)27-16-17-8-6-5-7-9-17/h5-9,12-15,18-19,31H,3-4,10-11,16H2,1-2H3,(H,27,33)(H,28,32). The van der Waals surface area contributed by atoms with Crippen LogP contribution in [0.15, 0.2) is 54.6 Å². The summed E-state index contributed by atoms with van der Waals surface area (Å²) in [6.07, 6.45) is 3.56. The van der Waals surface area contributed by atoms with Gasteiger partial charge in [-0.15, -0.1) is 0 Å². The van der Waals surface area contributed by atoms with Crippen LogP contribution in [-0.4, -0.2) is 26.8 Å². The highest BCUT2D eigenvalue weighted by atomic mass is 16.3. The molecule has 1 heterocycles. The van der Waals surface area contributed by atoms with Gasteiger partial charge in [0.25, 0.3) is 0 Å². The molecule has 7 heteroatoms. The second kappa shape index (κ2) is 9.90. The first-order valence-corrected chi connectivity index (χ1v) is 11.6. The lowest BCUT2D eigenvalue weighted by atomic mass is 10.0. The molecule has 1 fully saturated rings. The molecular formula is C26H30N4O3. The predicted molar refractivity (Wildman–Crippen MR) is 128 cm³/mol. The minimum absolute atomic E-state index is 0.00837. The van der Waals surface area contributed by atoms with E-state index in [0.29, 0.717) is 29.4 Å². The fourth-order valence-corrected chi connectivity index (χ4v) is 3.94. The van der Waals surface area contributed by atoms with E-state index in [1.165, 1.54) is 10.7 Å². The van der Waals surface area contributed by atoms with Crippen molar-refractivity contribution >= 4 is 17.6 Å². The SMILES string of the molecule is CCC(CC)C(=O)Nc1ccc(-c2cc(C3CC3)n(C(=O)NCc3ccccc3)n2)c(O)c1. The van der Waals surface area contributed by atoms with Gasteiger partial charge in [-0.1, -0.05) is 44.2 Å². The van der Waals surface area contributed by atoms with Crippen LogP contribution in [0.4, 0.5) is 10.5 Å². The zero-order chi connectivity index (χ0) is 23.4. The lowest BCUT2D eigenvalue weighted by Crippen LogP contribution is -2.30. The number of nitrogens with zero attached hydrogens (tertiary/aromatic N) is 2. The maximum atomic E-state index is 12.9. The van der Waals surface area contributed by atoms with Crippen LogP contribution in [-0.2, 0) is 11.3 Å². The number of aromatic nitrogens is 2. The molecule has 0 saturated heterocycles. The number of phenols is 1. The van der Waals surface area contributed by atoms with E-state index in [9.17, 15) is 14.7 Å². The van der Waals surface area contributed by atoms with Gasteiger partial charge in [0.15, 0.2) is 0 Å². The Labute approximate surface area is 193 Å². The maximum absolute atomic E-state index is 12.9. The Kier molecular flexibility index (Phi) is 6.77. The third-order valence-corrected chi connectivity index (χ3v) is 6.11. The second-order valence-corrected chi connectivity index (χ2v) is 8.52. The van der Waals surface area contributed by atoms with Crippen LogP contribution in [0.3, 0.4) is 0 Å². The molecule has 3 aromatic rings. The van der Waals surface area contributed by atoms with Crippen molar-refractivity contribution in [2.24, 2.45) is 5.92 Å². The Morgan fingerprint density at radius 2 is 1.82 bits per heavy atom. The van der Waals surface area contributed by atoms with Crippen LogP contribution in [0.1, 0.15) is 56.7 Å². The molecule has 1 aliphatic rings. The van der Waals surface area contributed by atoms with Crippen molar-refractivity contribution in [3.05, 3.63) is 65.9 Å². The topological polar surface area (TPSA) is 96.3 Å². The highest BCUT2D eigenvalue weighted by Crippen LogP contribution is 2.42. The van der Waals surface area contributed by atoms with E-state index in [1.807, 2.05) is 50.2 Å². The Bertz CT molecular complexity index is 1130. The second-order valence-electron chi connectivity index (χ2n) is 8.52. The van der Waals surface area contributed by atoms with E-state index >= 15 is 0 Å². The van der Waals surface area contributed by atoms with Crippen LogP contribution >= 0.6 is 0 Å². The summed E-state index contributed by atoms with van der Waals surface area (Å²) in [6.45, 7) is 4.38. The van der Waals surface area contributed by atoms with Gasteiger partial charge in [-0.2, -0.15) is 9.78 Å². The largest absolute Gasteiger partial charge is 0.507 e. The van der Waals surface area contributed by atoms with Gasteiger partial charge in [0.2, 0.25) is 5.91 Å². The number of amides is 2. The minimum Gasteiger partial charge on any atom is -0.507 e. The molecule has 172 valence electrons. The lowest BCUT2D eigenvalue weighted by molar-refractivity contribution is -0.120. The average Bonchev–Trinajstić information content (AvgIpc) is 3.57. The summed E-state index contributed by atoms with van der Waals surface area (Å²) < 4.78 is 1.41. The predicted octanol–water partition coefficient (Wildman–Crippen LogP) is 5.27. The number of nitrogens with one attached hydrogen (secondary N) is 2. The summed E-state index contributed by atoms with van der Waals surface area (Å²) in [7, 11) is 0. The molecule has 3 N–H and O–H groups in total. The fraction of sp³-hybridized carbons (Fsp3) is 0.346. The van der Waals surface area contributed by atoms with Crippen LogP contribution in [0, 0.1) is 5.92 Å². The van der Waals surface area contributed by atoms with Crippen molar-refractivity contribution in [3.63, 3.8) is 0 Å². The van der Waals surface area contributed by atoms with E-state index in [0.717, 1.165) is 36.9 Å². The molecule has 0 atom stereocenters. The zero-order valence-corrected chi connectivity index (χ0v) is 19.0. The van der Waals surface area contributed by atoms with Gasteiger partial charge >= 0.3 is 6.03 Å². The molecule has 0 radical (unpaired) electrons. The zero-order valence-electron chi connectivity index (χ0n) is 19.0. The van der Waals surface area contributed by atoms with Crippen LogP contribution in [0.2, 0.25) is 0 Å². The van der Waals surface area contributed by atoms with E-state index in [2.05, 4.69) is 15.7 Å². The highest BCUT2D eigenvalue weighted by molar-refractivity contribution is 5.93. The first-order valence-electron chi connectivity index (χ1n) is 11.6. The molecule has 7 nitrogen and oxygen atoms in total. The molecule has 2 amide bonds. The smallest absolute Gasteiger partial charge is 0.342 e. The number of anilines is 1. The van der Waals surface area contributed by atoms with Crippen molar-refractivity contribution in [1.29, 1.82) is 0 Å². The van der Waals surface area contributed by atoms with Crippen LogP contribution in [0.5, 0.6) is 5.75 Å². The van der Waals surface area contributed by atoms with E-state index < -0.39 is 0 Å². The van der Waals surface area contributed by atoms with Crippen molar-refractivity contribution in [3.8, 4) is 17.0 Å². The Morgan fingerprint density at radius 3 is 2.45 bits per heavy atom. The number of hydrogen-bond donors (Lipinski definition) is 3. The van der Waals surface area contributed by atoms with Gasteiger partial charge in [0, 0.05) is 35.7 Å². The van der Waals surface area contributed by atoms with Gasteiger partial charge in [0.05, 0.1) is 11.4 Å². The molecule has 0 bridgehead atoms. The summed E-state index contributed by atoms with van der Waals surface area (Å²) in [5.41, 5.74) is 3.45. The Morgan fingerprint density at radius 1 is 1.09 bits per heavy atom. The molecular weight excluding hydrogens is 416 g/mol. The minimum atomic E-state index is -0.291. The Hall–Kier alpha value is -3.61. The molecule has 0 unspecified atom stereocenters. The lowest BCUT2D eigenvalue weighted by Gasteiger charge is -2.13. The summed E-state index contributed by atoms with van der Waals surface area (Å²) in [5.74, 6) is 0.198.